The highest BCUT2D eigenvalue weighted by molar-refractivity contribution is 8.16. The summed E-state index contributed by atoms with van der Waals surface area (Å²) in [6.07, 6.45) is 2.21. The molecule has 0 saturated heterocycles. The molecule has 1 aliphatic rings. The lowest BCUT2D eigenvalue weighted by atomic mass is 10.0. The molecule has 0 fully saturated rings. The van der Waals surface area contributed by atoms with Gasteiger partial charge in [0, 0.05) is 11.8 Å². The molecule has 0 bridgehead atoms. The van der Waals surface area contributed by atoms with Gasteiger partial charge >= 0.3 is 5.63 Å². The van der Waals surface area contributed by atoms with Crippen molar-refractivity contribution < 1.29 is 18.8 Å². The number of hydrogen-bond donors (Lipinski definition) is 2. The van der Waals surface area contributed by atoms with Gasteiger partial charge in [-0.15, -0.1) is 11.8 Å². The number of hydrogen-bond acceptors (Lipinski definition) is 9. The van der Waals surface area contributed by atoms with Gasteiger partial charge in [-0.25, -0.2) is 4.79 Å². The van der Waals surface area contributed by atoms with E-state index in [0.29, 0.717) is 41.0 Å². The van der Waals surface area contributed by atoms with E-state index in [9.17, 15) is 9.59 Å². The first-order valence-electron chi connectivity index (χ1n) is 9.83. The average molecular weight is 456 g/mol. The maximum atomic E-state index is 13.1. The molecule has 10 heteroatoms. The third-order valence-corrected chi connectivity index (χ3v) is 6.14. The Bertz CT molecular complexity index is 855. The first-order chi connectivity index (χ1) is 14.3. The van der Waals surface area contributed by atoms with E-state index in [-0.39, 0.29) is 5.91 Å². The van der Waals surface area contributed by atoms with E-state index in [1.54, 1.807) is 19.9 Å². The summed E-state index contributed by atoms with van der Waals surface area (Å²) in [5, 5.41) is 7.74. The van der Waals surface area contributed by atoms with E-state index in [2.05, 4.69) is 28.1 Å². The fraction of sp³-hybridized carbons (Fsp3) is 0.600. The van der Waals surface area contributed by atoms with E-state index in [1.807, 2.05) is 6.92 Å². The fourth-order valence-corrected chi connectivity index (χ4v) is 4.02. The molecule has 2 heterocycles. The molecular formula is C20H29N3O5S2. The predicted molar refractivity (Wildman–Crippen MR) is 123 cm³/mol. The van der Waals surface area contributed by atoms with E-state index < -0.39 is 17.2 Å². The van der Waals surface area contributed by atoms with Crippen LogP contribution >= 0.6 is 24.4 Å². The molecule has 1 amide bonds. The molecule has 0 aliphatic carbocycles. The molecule has 1 N–H and O–H groups in total. The van der Waals surface area contributed by atoms with Gasteiger partial charge in [-0.3, -0.25) is 9.79 Å². The SMILES string of the molecule is CCC[C@@H](NC(=O)C1(C)CSC(/C(C)=N/OCCCS)=N1)c1cc(OC)cc(=O)o1. The number of methoxy groups -OCH3 is 1. The van der Waals surface area contributed by atoms with E-state index >= 15 is 0 Å². The van der Waals surface area contributed by atoms with Gasteiger partial charge in [0.05, 0.1) is 19.2 Å². The summed E-state index contributed by atoms with van der Waals surface area (Å²) in [7, 11) is 1.48. The summed E-state index contributed by atoms with van der Waals surface area (Å²) in [4.78, 5) is 34.7. The Labute approximate surface area is 186 Å². The normalized spacial score (nSPS) is 19.9. The van der Waals surface area contributed by atoms with Crippen LogP contribution in [0.25, 0.3) is 0 Å². The molecule has 1 aromatic heterocycles. The quantitative estimate of drug-likeness (QED) is 0.230. The van der Waals surface area contributed by atoms with Gasteiger partial charge in [-0.2, -0.15) is 12.6 Å². The maximum Gasteiger partial charge on any atom is 0.339 e. The van der Waals surface area contributed by atoms with Crippen molar-refractivity contribution in [2.45, 2.75) is 51.6 Å². The molecule has 1 aliphatic heterocycles. The molecule has 1 unspecified atom stereocenters. The summed E-state index contributed by atoms with van der Waals surface area (Å²) < 4.78 is 10.5. The maximum absolute atomic E-state index is 13.1. The van der Waals surface area contributed by atoms with E-state index in [0.717, 1.165) is 18.6 Å². The molecule has 2 rings (SSSR count). The third kappa shape index (κ3) is 6.53. The standard InChI is InChI=1S/C20H29N3O5S2/c1-5-7-15(16-10-14(26-4)11-17(24)28-16)21-19(25)20(3)12-30-18(22-20)13(2)23-27-8-6-9-29/h10-11,15,29H,5-9,12H2,1-4H3,(H,21,25)/b23-13+/t15-,20?/m1/s1. The third-order valence-electron chi connectivity index (χ3n) is 4.46. The van der Waals surface area contributed by atoms with Gasteiger partial charge < -0.3 is 19.3 Å². The highest BCUT2D eigenvalue weighted by atomic mass is 32.2. The van der Waals surface area contributed by atoms with Crippen LogP contribution in [-0.4, -0.2) is 47.4 Å². The van der Waals surface area contributed by atoms with Crippen molar-refractivity contribution in [1.82, 2.24) is 5.32 Å². The Morgan fingerprint density at radius 2 is 2.27 bits per heavy atom. The Morgan fingerprint density at radius 3 is 2.93 bits per heavy atom. The molecular weight excluding hydrogens is 426 g/mol. The number of amides is 1. The molecule has 0 aromatic carbocycles. The largest absolute Gasteiger partial charge is 0.496 e. The minimum absolute atomic E-state index is 0.238. The van der Waals surface area contributed by atoms with Crippen LogP contribution in [0.4, 0.5) is 0 Å². The van der Waals surface area contributed by atoms with Crippen molar-refractivity contribution in [1.29, 1.82) is 0 Å². The second-order valence-electron chi connectivity index (χ2n) is 7.10. The second kappa shape index (κ2) is 11.5. The Kier molecular flexibility index (Phi) is 9.29. The van der Waals surface area contributed by atoms with Crippen molar-refractivity contribution in [2.24, 2.45) is 10.1 Å². The average Bonchev–Trinajstić information content (AvgIpc) is 3.14. The van der Waals surface area contributed by atoms with Gasteiger partial charge in [0.1, 0.15) is 34.4 Å². The van der Waals surface area contributed by atoms with Gasteiger partial charge in [0.15, 0.2) is 0 Å². The van der Waals surface area contributed by atoms with Gasteiger partial charge in [-0.1, -0.05) is 18.5 Å². The Hall–Kier alpha value is -1.94. The van der Waals surface area contributed by atoms with Crippen LogP contribution in [0, 0.1) is 0 Å². The molecule has 1 aromatic rings. The van der Waals surface area contributed by atoms with Crippen LogP contribution in [0.5, 0.6) is 5.75 Å². The number of nitrogens with zero attached hydrogens (tertiary/aromatic N) is 2. The highest BCUT2D eigenvalue weighted by Crippen LogP contribution is 2.30. The van der Waals surface area contributed by atoms with Crippen molar-refractivity contribution in [2.75, 3.05) is 25.2 Å². The summed E-state index contributed by atoms with van der Waals surface area (Å²) in [5.74, 6) is 1.73. The van der Waals surface area contributed by atoms with Gasteiger partial charge in [-0.05, 0) is 32.4 Å². The fourth-order valence-electron chi connectivity index (χ4n) is 2.76. The molecule has 30 heavy (non-hydrogen) atoms. The molecule has 166 valence electrons. The lowest BCUT2D eigenvalue weighted by Crippen LogP contribution is -2.45. The highest BCUT2D eigenvalue weighted by Gasteiger charge is 2.40. The molecule has 8 nitrogen and oxygen atoms in total. The minimum Gasteiger partial charge on any atom is -0.496 e. The van der Waals surface area contributed by atoms with Crippen LogP contribution in [-0.2, 0) is 9.63 Å². The number of carbonyl (C=O) groups is 1. The second-order valence-corrected chi connectivity index (χ2v) is 8.51. The van der Waals surface area contributed by atoms with Crippen LogP contribution in [0.15, 0.2) is 31.5 Å². The van der Waals surface area contributed by atoms with Gasteiger partial charge in [0.2, 0.25) is 5.91 Å². The van der Waals surface area contributed by atoms with E-state index in [4.69, 9.17) is 14.0 Å². The summed E-state index contributed by atoms with van der Waals surface area (Å²) in [6, 6.07) is 2.44. The van der Waals surface area contributed by atoms with Crippen molar-refractivity contribution in [3.63, 3.8) is 0 Å². The number of carbonyl (C=O) groups excluding carboxylic acids is 1. The topological polar surface area (TPSA) is 102 Å². The van der Waals surface area contributed by atoms with Crippen molar-refractivity contribution >= 4 is 41.1 Å². The number of rotatable bonds is 11. The summed E-state index contributed by atoms with van der Waals surface area (Å²) in [6.45, 7) is 6.07. The van der Waals surface area contributed by atoms with Crippen LogP contribution in [0.1, 0.15) is 51.8 Å². The van der Waals surface area contributed by atoms with Crippen LogP contribution < -0.4 is 15.7 Å². The van der Waals surface area contributed by atoms with E-state index in [1.165, 1.54) is 24.9 Å². The minimum atomic E-state index is -0.951. The van der Waals surface area contributed by atoms with Crippen LogP contribution in [0.3, 0.4) is 0 Å². The van der Waals surface area contributed by atoms with Gasteiger partial charge in [0.25, 0.3) is 0 Å². The lowest BCUT2D eigenvalue weighted by molar-refractivity contribution is -0.125. The number of aliphatic imine (C=N–C) groups is 1. The first kappa shape index (κ1) is 24.3. The number of thiol groups is 1. The number of nitrogens with one attached hydrogen (secondary N) is 1. The summed E-state index contributed by atoms with van der Waals surface area (Å²) in [5.41, 5.74) is -0.834. The smallest absolute Gasteiger partial charge is 0.339 e. The first-order valence-corrected chi connectivity index (χ1v) is 11.4. The zero-order chi connectivity index (χ0) is 22.1. The molecule has 2 atom stereocenters. The number of oxime groups is 1. The van der Waals surface area contributed by atoms with Crippen molar-refractivity contribution in [3.05, 3.63) is 28.3 Å². The Balaban J connectivity index is 2.14. The predicted octanol–water partition coefficient (Wildman–Crippen LogP) is 3.22. The zero-order valence-electron chi connectivity index (χ0n) is 17.8. The zero-order valence-corrected chi connectivity index (χ0v) is 19.5. The van der Waals surface area contributed by atoms with Crippen LogP contribution in [0.2, 0.25) is 0 Å². The summed E-state index contributed by atoms with van der Waals surface area (Å²) >= 11 is 5.60. The number of ether oxygens (including phenoxy) is 1. The molecule has 0 radical (unpaired) electrons. The lowest BCUT2D eigenvalue weighted by Gasteiger charge is -2.24. The monoisotopic (exact) mass is 455 g/mol. The molecule has 0 spiro atoms. The Morgan fingerprint density at radius 1 is 1.50 bits per heavy atom. The number of thioether (sulfide) groups is 1. The van der Waals surface area contributed by atoms with Crippen molar-refractivity contribution in [3.8, 4) is 5.75 Å². The molecule has 0 saturated carbocycles.